The monoisotopic (exact) mass is 473 g/mol. The molecule has 0 amide bonds. The number of rotatable bonds is 7. The molecule has 0 radical (unpaired) electrons. The van der Waals surface area contributed by atoms with Crippen molar-refractivity contribution in [2.45, 2.75) is 20.0 Å². The minimum Gasteiger partial charge on any atom is -0.490 e. The van der Waals surface area contributed by atoms with E-state index in [0.29, 0.717) is 52.4 Å². The zero-order valence-corrected chi connectivity index (χ0v) is 20.1. The maximum Gasteiger partial charge on any atom is 0.138 e. The number of fused-ring (bicyclic) bond motifs is 1. The van der Waals surface area contributed by atoms with E-state index in [0.717, 1.165) is 18.8 Å². The van der Waals surface area contributed by atoms with Crippen LogP contribution in [0.15, 0.2) is 59.2 Å². The zero-order valence-electron chi connectivity index (χ0n) is 20.1. The van der Waals surface area contributed by atoms with Crippen molar-refractivity contribution in [3.05, 3.63) is 75.9 Å². The minimum atomic E-state index is -0.0902. The molecule has 2 aliphatic rings. The first-order valence-electron chi connectivity index (χ1n) is 11.6. The Balaban J connectivity index is 1.98. The molecule has 1 aliphatic heterocycles. The van der Waals surface area contributed by atoms with Crippen molar-refractivity contribution in [3.8, 4) is 30.0 Å². The van der Waals surface area contributed by atoms with Crippen molar-refractivity contribution >= 4 is 22.9 Å². The summed E-state index contributed by atoms with van der Waals surface area (Å²) in [5.74, 6) is 0.614. The first-order valence-corrected chi connectivity index (χ1v) is 11.6. The average Bonchev–Trinajstić information content (AvgIpc) is 3.69. The second-order valence-electron chi connectivity index (χ2n) is 8.21. The van der Waals surface area contributed by atoms with Crippen LogP contribution in [0.25, 0.3) is 17.2 Å². The van der Waals surface area contributed by atoms with E-state index in [1.165, 1.54) is 0 Å². The van der Waals surface area contributed by atoms with Gasteiger partial charge in [0.25, 0.3) is 0 Å². The molecule has 0 bridgehead atoms. The highest BCUT2D eigenvalue weighted by Crippen LogP contribution is 2.49. The summed E-state index contributed by atoms with van der Waals surface area (Å²) in [5, 5.41) is 39.0. The molecule has 0 N–H and O–H groups in total. The lowest BCUT2D eigenvalue weighted by atomic mass is 9.94. The molecule has 4 rings (SSSR count). The van der Waals surface area contributed by atoms with Crippen LogP contribution in [0, 0.1) is 45.3 Å². The van der Waals surface area contributed by atoms with Gasteiger partial charge in [-0.05, 0) is 48.8 Å². The zero-order chi connectivity index (χ0) is 25.7. The SMILES string of the molecule is CCN(CC)c1ccc(C=C2C(=C(C#N)C#N)c3ccccc3C2=C(C#N)C#N)c(OCC2CO2)c1. The van der Waals surface area contributed by atoms with Gasteiger partial charge in [-0.2, -0.15) is 21.0 Å². The molecule has 1 aliphatic carbocycles. The molecule has 2 aromatic rings. The molecule has 0 saturated carbocycles. The van der Waals surface area contributed by atoms with Crippen LogP contribution in [0.1, 0.15) is 30.5 Å². The number of hydrogen-bond acceptors (Lipinski definition) is 7. The van der Waals surface area contributed by atoms with Crippen molar-refractivity contribution in [1.29, 1.82) is 21.0 Å². The Labute approximate surface area is 210 Å². The minimum absolute atomic E-state index is 0.0526. The van der Waals surface area contributed by atoms with E-state index in [2.05, 4.69) is 18.7 Å². The fourth-order valence-corrected chi connectivity index (χ4v) is 4.35. The highest BCUT2D eigenvalue weighted by atomic mass is 16.6. The maximum absolute atomic E-state index is 9.75. The van der Waals surface area contributed by atoms with Gasteiger partial charge in [-0.1, -0.05) is 24.3 Å². The molecule has 176 valence electrons. The number of epoxide rings is 1. The number of allylic oxidation sites excluding steroid dienone is 5. The predicted octanol–water partition coefficient (Wildman–Crippen LogP) is 5.01. The van der Waals surface area contributed by atoms with E-state index in [9.17, 15) is 21.0 Å². The van der Waals surface area contributed by atoms with Gasteiger partial charge in [-0.25, -0.2) is 0 Å². The first-order chi connectivity index (χ1) is 17.6. The highest BCUT2D eigenvalue weighted by Gasteiger charge is 2.32. The summed E-state index contributed by atoms with van der Waals surface area (Å²) in [5.41, 5.74) is 4.06. The largest absolute Gasteiger partial charge is 0.490 e. The molecule has 36 heavy (non-hydrogen) atoms. The molecule has 1 saturated heterocycles. The van der Waals surface area contributed by atoms with Crippen LogP contribution >= 0.6 is 0 Å². The molecule has 0 aromatic heterocycles. The van der Waals surface area contributed by atoms with Crippen LogP contribution in [-0.2, 0) is 4.74 Å². The molecule has 7 nitrogen and oxygen atoms in total. The lowest BCUT2D eigenvalue weighted by molar-refractivity contribution is 0.262. The van der Waals surface area contributed by atoms with E-state index in [-0.39, 0.29) is 17.3 Å². The summed E-state index contributed by atoms with van der Waals surface area (Å²) >= 11 is 0. The van der Waals surface area contributed by atoms with Crippen LogP contribution in [-0.4, -0.2) is 32.4 Å². The summed E-state index contributed by atoms with van der Waals surface area (Å²) in [6, 6.07) is 21.0. The number of ether oxygens (including phenoxy) is 2. The lowest BCUT2D eigenvalue weighted by Gasteiger charge is -2.22. The summed E-state index contributed by atoms with van der Waals surface area (Å²) in [6.07, 6.45) is 1.85. The smallest absolute Gasteiger partial charge is 0.138 e. The van der Waals surface area contributed by atoms with Crippen molar-refractivity contribution in [2.75, 3.05) is 31.2 Å². The molecule has 7 heteroatoms. The van der Waals surface area contributed by atoms with Crippen molar-refractivity contribution in [2.24, 2.45) is 0 Å². The topological polar surface area (TPSA) is 120 Å². The number of nitriles is 4. The Bertz CT molecular complexity index is 1360. The summed E-state index contributed by atoms with van der Waals surface area (Å²) < 4.78 is 11.4. The van der Waals surface area contributed by atoms with Crippen molar-refractivity contribution in [1.82, 2.24) is 0 Å². The molecule has 0 spiro atoms. The second kappa shape index (κ2) is 10.6. The number of nitrogens with zero attached hydrogens (tertiary/aromatic N) is 5. The lowest BCUT2D eigenvalue weighted by Crippen LogP contribution is -2.21. The fraction of sp³-hybridized carbons (Fsp3) is 0.241. The highest BCUT2D eigenvalue weighted by molar-refractivity contribution is 6.15. The Hall–Kier alpha value is -4.82. The summed E-state index contributed by atoms with van der Waals surface area (Å²) in [4.78, 5) is 2.20. The van der Waals surface area contributed by atoms with E-state index in [4.69, 9.17) is 9.47 Å². The van der Waals surface area contributed by atoms with Gasteiger partial charge in [0.1, 0.15) is 53.9 Å². The normalized spacial score (nSPS) is 15.1. The van der Waals surface area contributed by atoms with Gasteiger partial charge in [-0.3, -0.25) is 0 Å². The van der Waals surface area contributed by atoms with Gasteiger partial charge in [0.05, 0.1) is 6.61 Å². The van der Waals surface area contributed by atoms with E-state index in [1.54, 1.807) is 30.3 Å². The standard InChI is InChI=1S/C29H23N5O2/c1-3-34(4-2)22-10-9-19(27(12-22)36-18-23-17-35-23)11-26-28(20(13-30)14-31)24-7-5-6-8-25(24)29(26)21(15-32)16-33/h5-12,23H,3-4,17-18H2,1-2H3. The third-order valence-corrected chi connectivity index (χ3v) is 6.20. The Morgan fingerprint density at radius 1 is 0.944 bits per heavy atom. The fourth-order valence-electron chi connectivity index (χ4n) is 4.35. The van der Waals surface area contributed by atoms with Crippen LogP contribution in [0.2, 0.25) is 0 Å². The van der Waals surface area contributed by atoms with Gasteiger partial charge in [0.2, 0.25) is 0 Å². The van der Waals surface area contributed by atoms with Crippen LogP contribution < -0.4 is 9.64 Å². The van der Waals surface area contributed by atoms with Gasteiger partial charge in [0, 0.05) is 41.6 Å². The van der Waals surface area contributed by atoms with Gasteiger partial charge < -0.3 is 14.4 Å². The van der Waals surface area contributed by atoms with Crippen LogP contribution in [0.4, 0.5) is 5.69 Å². The Morgan fingerprint density at radius 3 is 1.97 bits per heavy atom. The second-order valence-corrected chi connectivity index (χ2v) is 8.21. The number of anilines is 1. The Kier molecular flexibility index (Phi) is 7.17. The third-order valence-electron chi connectivity index (χ3n) is 6.20. The van der Waals surface area contributed by atoms with Crippen LogP contribution in [0.5, 0.6) is 5.75 Å². The number of benzene rings is 2. The summed E-state index contributed by atoms with van der Waals surface area (Å²) in [7, 11) is 0. The molecule has 1 heterocycles. The molecule has 2 aromatic carbocycles. The first kappa shape index (κ1) is 24.3. The van der Waals surface area contributed by atoms with E-state index in [1.807, 2.05) is 42.5 Å². The van der Waals surface area contributed by atoms with Crippen molar-refractivity contribution in [3.63, 3.8) is 0 Å². The van der Waals surface area contributed by atoms with Gasteiger partial charge >= 0.3 is 0 Å². The van der Waals surface area contributed by atoms with Gasteiger partial charge in [0.15, 0.2) is 0 Å². The average molecular weight is 474 g/mol. The molecule has 1 atom stereocenters. The summed E-state index contributed by atoms with van der Waals surface area (Å²) in [6.45, 7) is 6.88. The van der Waals surface area contributed by atoms with Crippen LogP contribution in [0.3, 0.4) is 0 Å². The quantitative estimate of drug-likeness (QED) is 0.409. The molecule has 1 fully saturated rings. The van der Waals surface area contributed by atoms with E-state index >= 15 is 0 Å². The molecular weight excluding hydrogens is 450 g/mol. The predicted molar refractivity (Wildman–Crippen MR) is 136 cm³/mol. The number of hydrogen-bond donors (Lipinski definition) is 0. The van der Waals surface area contributed by atoms with E-state index < -0.39 is 0 Å². The molecular formula is C29H23N5O2. The molecule has 1 unspecified atom stereocenters. The third kappa shape index (κ3) is 4.57. The maximum atomic E-state index is 9.75. The van der Waals surface area contributed by atoms with Crippen molar-refractivity contribution < 1.29 is 9.47 Å². The van der Waals surface area contributed by atoms with Gasteiger partial charge in [-0.15, -0.1) is 0 Å². The Morgan fingerprint density at radius 2 is 1.50 bits per heavy atom.